The summed E-state index contributed by atoms with van der Waals surface area (Å²) in [5.74, 6) is -1.91. The van der Waals surface area contributed by atoms with Gasteiger partial charge in [0.05, 0.1) is 23.4 Å². The third-order valence-corrected chi connectivity index (χ3v) is 7.12. The van der Waals surface area contributed by atoms with E-state index in [9.17, 15) is 28.7 Å². The second kappa shape index (κ2) is 9.85. The van der Waals surface area contributed by atoms with Crippen LogP contribution in [0.25, 0.3) is 0 Å². The number of urea groups is 1. The average molecular weight is 518 g/mol. The summed E-state index contributed by atoms with van der Waals surface area (Å²) in [5, 5.41) is 24.5. The van der Waals surface area contributed by atoms with E-state index in [-0.39, 0.29) is 24.6 Å². The van der Waals surface area contributed by atoms with E-state index < -0.39 is 41.3 Å². The van der Waals surface area contributed by atoms with Crippen LogP contribution in [0.3, 0.4) is 0 Å². The molecule has 1 aliphatic carbocycles. The number of aliphatic hydroxyl groups is 1. The van der Waals surface area contributed by atoms with Crippen molar-refractivity contribution in [2.75, 3.05) is 17.2 Å². The number of amides is 3. The summed E-state index contributed by atoms with van der Waals surface area (Å²) >= 11 is 0. The maximum Gasteiger partial charge on any atom is 0.322 e. The van der Waals surface area contributed by atoms with Crippen molar-refractivity contribution in [2.45, 2.75) is 36.4 Å². The molecule has 5 rings (SSSR count). The normalized spacial score (nSPS) is 24.0. The highest BCUT2D eigenvalue weighted by Crippen LogP contribution is 2.56. The van der Waals surface area contributed by atoms with Crippen molar-refractivity contribution in [3.05, 3.63) is 95.1 Å². The highest BCUT2D eigenvalue weighted by atomic mass is 19.1. The Morgan fingerprint density at radius 2 is 1.84 bits per heavy atom. The molecule has 0 radical (unpaired) electrons. The second-order valence-corrected chi connectivity index (χ2v) is 9.71. The number of nitrogens with one attached hydrogen (secondary N) is 2. The molecular formula is C28H25F2N5O3. The van der Waals surface area contributed by atoms with Crippen LogP contribution in [0.15, 0.2) is 66.7 Å². The molecule has 4 atom stereocenters. The number of hydrogen-bond acceptors (Lipinski definition) is 5. The first kappa shape index (κ1) is 25.3. The lowest BCUT2D eigenvalue weighted by atomic mass is 9.97. The first-order chi connectivity index (χ1) is 18.2. The Morgan fingerprint density at radius 1 is 1.08 bits per heavy atom. The maximum absolute atomic E-state index is 14.7. The molecule has 1 aliphatic heterocycles. The minimum Gasteiger partial charge on any atom is -0.391 e. The topological polar surface area (TPSA) is 131 Å². The van der Waals surface area contributed by atoms with Gasteiger partial charge in [0.15, 0.2) is 0 Å². The minimum absolute atomic E-state index is 0.0201. The largest absolute Gasteiger partial charge is 0.391 e. The number of nitrogens with two attached hydrogens (primary N) is 1. The third-order valence-electron chi connectivity index (χ3n) is 7.12. The van der Waals surface area contributed by atoms with Crippen molar-refractivity contribution in [3.63, 3.8) is 0 Å². The average Bonchev–Trinajstić information content (AvgIpc) is 3.45. The van der Waals surface area contributed by atoms with E-state index in [4.69, 9.17) is 5.73 Å². The number of benzene rings is 3. The maximum atomic E-state index is 14.7. The summed E-state index contributed by atoms with van der Waals surface area (Å²) in [6.45, 7) is -0.0901. The van der Waals surface area contributed by atoms with Gasteiger partial charge in [-0.1, -0.05) is 18.2 Å². The lowest BCUT2D eigenvalue weighted by Crippen LogP contribution is -2.45. The Bertz CT molecular complexity index is 1440. The number of β-amino-alcohol motifs (C(OH)–C–C–N with tert-alkyl or cyclic N) is 1. The van der Waals surface area contributed by atoms with E-state index >= 15 is 0 Å². The molecule has 5 N–H and O–H groups in total. The van der Waals surface area contributed by atoms with E-state index in [2.05, 4.69) is 16.7 Å². The molecule has 2 aliphatic rings. The monoisotopic (exact) mass is 517 g/mol. The molecular weight excluding hydrogens is 492 g/mol. The zero-order valence-electron chi connectivity index (χ0n) is 20.2. The molecule has 194 valence electrons. The highest BCUT2D eigenvalue weighted by molar-refractivity contribution is 5.99. The summed E-state index contributed by atoms with van der Waals surface area (Å²) in [6, 6.07) is 17.0. The summed E-state index contributed by atoms with van der Waals surface area (Å²) in [6.07, 6.45) is -0.366. The molecule has 0 spiro atoms. The van der Waals surface area contributed by atoms with E-state index in [1.807, 2.05) is 6.07 Å². The molecule has 2 unspecified atom stereocenters. The SMILES string of the molecule is N#Cc1cccc(C2(N)CC2c2ccc(F)c(NC(=O)[C@H]3C[C@@H](O)CN3C(=O)Nc3ccc(F)cc3)c2)c1. The van der Waals surface area contributed by atoms with Crippen molar-refractivity contribution in [1.29, 1.82) is 5.26 Å². The third kappa shape index (κ3) is 4.94. The smallest absolute Gasteiger partial charge is 0.322 e. The molecule has 0 aromatic heterocycles. The molecule has 38 heavy (non-hydrogen) atoms. The number of likely N-dealkylation sites (tertiary alicyclic amines) is 1. The predicted octanol–water partition coefficient (Wildman–Crippen LogP) is 3.78. The van der Waals surface area contributed by atoms with Crippen LogP contribution in [0.1, 0.15) is 35.4 Å². The number of aliphatic hydroxyl groups excluding tert-OH is 1. The van der Waals surface area contributed by atoms with Crippen LogP contribution < -0.4 is 16.4 Å². The number of carbonyl (C=O) groups is 2. The van der Waals surface area contributed by atoms with Crippen molar-refractivity contribution >= 4 is 23.3 Å². The molecule has 1 saturated carbocycles. The Labute approximate surface area is 217 Å². The van der Waals surface area contributed by atoms with Crippen LogP contribution in [0.2, 0.25) is 0 Å². The van der Waals surface area contributed by atoms with Crippen LogP contribution in [-0.2, 0) is 10.3 Å². The van der Waals surface area contributed by atoms with Crippen LogP contribution in [0.5, 0.6) is 0 Å². The minimum atomic E-state index is -1.04. The van der Waals surface area contributed by atoms with Crippen molar-refractivity contribution in [3.8, 4) is 6.07 Å². The molecule has 3 aromatic rings. The molecule has 1 saturated heterocycles. The van der Waals surface area contributed by atoms with Gasteiger partial charge in [-0.15, -0.1) is 0 Å². The fourth-order valence-corrected chi connectivity index (χ4v) is 4.98. The van der Waals surface area contributed by atoms with Gasteiger partial charge >= 0.3 is 6.03 Å². The lowest BCUT2D eigenvalue weighted by molar-refractivity contribution is -0.119. The Kier molecular flexibility index (Phi) is 6.57. The Balaban J connectivity index is 1.30. The predicted molar refractivity (Wildman–Crippen MR) is 136 cm³/mol. The van der Waals surface area contributed by atoms with Gasteiger partial charge in [0.1, 0.15) is 17.7 Å². The van der Waals surface area contributed by atoms with E-state index in [1.165, 1.54) is 41.3 Å². The van der Waals surface area contributed by atoms with E-state index in [0.29, 0.717) is 17.7 Å². The van der Waals surface area contributed by atoms with E-state index in [0.717, 1.165) is 11.1 Å². The summed E-state index contributed by atoms with van der Waals surface area (Å²) in [4.78, 5) is 27.1. The number of hydrogen-bond donors (Lipinski definition) is 4. The fraction of sp³-hybridized carbons (Fsp3) is 0.250. The number of nitriles is 1. The molecule has 0 bridgehead atoms. The second-order valence-electron chi connectivity index (χ2n) is 9.71. The molecule has 10 heteroatoms. The zero-order chi connectivity index (χ0) is 27.0. The van der Waals surface area contributed by atoms with Crippen molar-refractivity contribution in [2.24, 2.45) is 5.73 Å². The molecule has 2 fully saturated rings. The van der Waals surface area contributed by atoms with Gasteiger partial charge < -0.3 is 26.4 Å². The summed E-state index contributed by atoms with van der Waals surface area (Å²) in [5.41, 5.74) is 8.18. The Hall–Kier alpha value is -4.33. The number of rotatable bonds is 5. The van der Waals surface area contributed by atoms with Gasteiger partial charge in [0.25, 0.3) is 0 Å². The van der Waals surface area contributed by atoms with Crippen LogP contribution in [0, 0.1) is 23.0 Å². The van der Waals surface area contributed by atoms with Crippen LogP contribution in [0.4, 0.5) is 25.0 Å². The standard InChI is InChI=1S/C28H25F2N5O3/c29-19-5-7-20(8-6-19)33-27(38)35-15-21(36)12-25(35)26(37)34-24-11-17(4-9-23(24)30)22-13-28(22,32)18-3-1-2-16(10-18)14-31/h1-11,21-22,25,36H,12-13,15,32H2,(H,33,38)(H,34,37)/t21-,22?,25-,28?/m1/s1. The number of halogens is 2. The van der Waals surface area contributed by atoms with Gasteiger partial charge in [0.2, 0.25) is 5.91 Å². The van der Waals surface area contributed by atoms with Gasteiger partial charge in [-0.25, -0.2) is 13.6 Å². The number of carbonyl (C=O) groups excluding carboxylic acids is 2. The fourth-order valence-electron chi connectivity index (χ4n) is 4.98. The molecule has 3 amide bonds. The van der Waals surface area contributed by atoms with Crippen molar-refractivity contribution in [1.82, 2.24) is 4.90 Å². The number of anilines is 2. The van der Waals surface area contributed by atoms with Crippen molar-refractivity contribution < 1.29 is 23.5 Å². The van der Waals surface area contributed by atoms with Crippen LogP contribution >= 0.6 is 0 Å². The van der Waals surface area contributed by atoms with Gasteiger partial charge in [0, 0.05) is 30.1 Å². The van der Waals surface area contributed by atoms with Crippen LogP contribution in [-0.4, -0.2) is 40.6 Å². The first-order valence-corrected chi connectivity index (χ1v) is 12.1. The number of nitrogens with zero attached hydrogens (tertiary/aromatic N) is 2. The summed E-state index contributed by atoms with van der Waals surface area (Å²) < 4.78 is 27.9. The lowest BCUT2D eigenvalue weighted by Gasteiger charge is -2.24. The Morgan fingerprint density at radius 3 is 2.58 bits per heavy atom. The van der Waals surface area contributed by atoms with Gasteiger partial charge in [-0.2, -0.15) is 5.26 Å². The molecule has 1 heterocycles. The van der Waals surface area contributed by atoms with Gasteiger partial charge in [-0.05, 0) is 66.1 Å². The summed E-state index contributed by atoms with van der Waals surface area (Å²) in [7, 11) is 0. The first-order valence-electron chi connectivity index (χ1n) is 12.1. The molecule has 8 nitrogen and oxygen atoms in total. The zero-order valence-corrected chi connectivity index (χ0v) is 20.2. The highest BCUT2D eigenvalue weighted by Gasteiger charge is 2.53. The molecule has 3 aromatic carbocycles. The quantitative estimate of drug-likeness (QED) is 0.409. The van der Waals surface area contributed by atoms with Gasteiger partial charge in [-0.3, -0.25) is 4.79 Å². The van der Waals surface area contributed by atoms with E-state index in [1.54, 1.807) is 24.3 Å².